The molecule has 0 saturated heterocycles. The molecule has 0 unspecified atom stereocenters. The van der Waals surface area contributed by atoms with Crippen molar-refractivity contribution in [3.8, 4) is 0 Å². The number of rotatable bonds is 0. The predicted octanol–water partition coefficient (Wildman–Crippen LogP) is -1.62. The van der Waals surface area contributed by atoms with E-state index >= 15 is 0 Å². The molecule has 3 nitrogen and oxygen atoms in total. The smallest absolute Gasteiger partial charge is 0.511 e. The third kappa shape index (κ3) is 1220. The van der Waals surface area contributed by atoms with Crippen LogP contribution in [0.2, 0.25) is 0 Å². The summed E-state index contributed by atoms with van der Waals surface area (Å²) in [4.78, 5) is 14.3. The van der Waals surface area contributed by atoms with Gasteiger partial charge in [0, 0.05) is 16.8 Å². The minimum atomic E-state index is -3.13. The fourth-order valence-electron chi connectivity index (χ4n) is 0. The Balaban J connectivity index is 0. The van der Waals surface area contributed by atoms with Gasteiger partial charge < -0.3 is 9.59 Å². The first-order valence-electron chi connectivity index (χ1n) is 0.651. The van der Waals surface area contributed by atoms with Crippen molar-refractivity contribution >= 4 is 9.17 Å². The standard InChI is InChI=1S/Co.H2O3Si/c;1-4(2)3/h;1-2H. The van der Waals surface area contributed by atoms with Crippen molar-refractivity contribution in [1.82, 2.24) is 0 Å². The van der Waals surface area contributed by atoms with Crippen LogP contribution in [0, 0.1) is 0 Å². The van der Waals surface area contributed by atoms with Crippen LogP contribution in [0.1, 0.15) is 0 Å². The Morgan fingerprint density at radius 1 is 1.40 bits per heavy atom. The van der Waals surface area contributed by atoms with Crippen LogP contribution in [-0.2, 0) is 21.2 Å². The molecule has 0 rings (SSSR count). The van der Waals surface area contributed by atoms with E-state index in [1.807, 2.05) is 0 Å². The summed E-state index contributed by atoms with van der Waals surface area (Å²) < 4.78 is 8.74. The molecular formula is H2CoO3Si. The van der Waals surface area contributed by atoms with E-state index in [1.54, 1.807) is 0 Å². The summed E-state index contributed by atoms with van der Waals surface area (Å²) >= 11 is 0. The minimum absolute atomic E-state index is 0. The molecule has 5 heteroatoms. The molecule has 0 fully saturated rings. The Hall–Kier alpha value is 0.123. The van der Waals surface area contributed by atoms with Crippen LogP contribution in [0.25, 0.3) is 0 Å². The number of hydrogen-bond donors (Lipinski definition) is 2. The fraction of sp³-hybridized carbons (Fsp3) is 0. The molecular weight excluding hydrogens is 135 g/mol. The van der Waals surface area contributed by atoms with E-state index < -0.39 is 9.17 Å². The molecule has 0 aliphatic heterocycles. The normalized spacial score (nSPS) is 4.80. The van der Waals surface area contributed by atoms with Crippen LogP contribution in [0.5, 0.6) is 0 Å². The largest absolute Gasteiger partial charge is 0.761 e. The van der Waals surface area contributed by atoms with Crippen molar-refractivity contribution < 1.29 is 30.8 Å². The van der Waals surface area contributed by atoms with Gasteiger partial charge >= 0.3 is 9.17 Å². The van der Waals surface area contributed by atoms with Gasteiger partial charge in [-0.2, -0.15) is 0 Å². The van der Waals surface area contributed by atoms with Crippen LogP contribution in [-0.4, -0.2) is 18.8 Å². The summed E-state index contributed by atoms with van der Waals surface area (Å²) in [6.45, 7) is 0. The topological polar surface area (TPSA) is 57.5 Å². The fourth-order valence-corrected chi connectivity index (χ4v) is 0. The maximum atomic E-state index is 8.74. The molecule has 0 spiro atoms. The third-order valence-corrected chi connectivity index (χ3v) is 0. The quantitative estimate of drug-likeness (QED) is 0.394. The maximum absolute atomic E-state index is 8.74. The zero-order valence-electron chi connectivity index (χ0n) is 2.14. The van der Waals surface area contributed by atoms with E-state index in [-0.39, 0.29) is 16.8 Å². The van der Waals surface area contributed by atoms with Crippen molar-refractivity contribution in [2.75, 3.05) is 0 Å². The Morgan fingerprint density at radius 2 is 1.40 bits per heavy atom. The van der Waals surface area contributed by atoms with Gasteiger partial charge in [0.15, 0.2) is 0 Å². The second kappa shape index (κ2) is 4.12. The molecule has 0 bridgehead atoms. The van der Waals surface area contributed by atoms with Gasteiger partial charge in [0.05, 0.1) is 0 Å². The molecule has 0 aliphatic carbocycles. The van der Waals surface area contributed by atoms with E-state index in [2.05, 4.69) is 0 Å². The van der Waals surface area contributed by atoms with Crippen LogP contribution in [0.4, 0.5) is 0 Å². The summed E-state index contributed by atoms with van der Waals surface area (Å²) in [7, 11) is -3.13. The van der Waals surface area contributed by atoms with Gasteiger partial charge in [-0.05, 0) is 0 Å². The van der Waals surface area contributed by atoms with Gasteiger partial charge in [0.1, 0.15) is 0 Å². The van der Waals surface area contributed by atoms with Crippen LogP contribution in [0.15, 0.2) is 0 Å². The molecule has 0 saturated carbocycles. The zero-order valence-corrected chi connectivity index (χ0v) is 4.18. The molecule has 0 aromatic carbocycles. The Bertz CT molecular complexity index is 29.9. The van der Waals surface area contributed by atoms with Crippen LogP contribution < -0.4 is 0 Å². The number of hydrogen-bond acceptors (Lipinski definition) is 1. The van der Waals surface area contributed by atoms with E-state index in [0.717, 1.165) is 0 Å². The van der Waals surface area contributed by atoms with Crippen molar-refractivity contribution in [2.24, 2.45) is 0 Å². The van der Waals surface area contributed by atoms with Crippen LogP contribution in [0.3, 0.4) is 0 Å². The molecule has 5 heavy (non-hydrogen) atoms. The molecule has 0 atom stereocenters. The van der Waals surface area contributed by atoms with Gasteiger partial charge in [0.2, 0.25) is 0 Å². The van der Waals surface area contributed by atoms with Crippen molar-refractivity contribution in [2.45, 2.75) is 0 Å². The predicted molar refractivity (Wildman–Crippen MR) is 10.9 cm³/mol. The minimum Gasteiger partial charge on any atom is -0.511 e. The molecule has 0 heterocycles. The molecule has 0 aromatic heterocycles. The van der Waals surface area contributed by atoms with Gasteiger partial charge in [-0.25, -0.2) is 0 Å². The summed E-state index contributed by atoms with van der Waals surface area (Å²) in [5.74, 6) is 0. The molecule has 1 radical (unpaired) electrons. The average molecular weight is 137 g/mol. The summed E-state index contributed by atoms with van der Waals surface area (Å²) in [5, 5.41) is 0. The Labute approximate surface area is 40.7 Å². The molecule has 33 valence electrons. The van der Waals surface area contributed by atoms with Gasteiger partial charge in [0.25, 0.3) is 0 Å². The monoisotopic (exact) mass is 137 g/mol. The first kappa shape index (κ1) is 8.93. The molecule has 2 N–H and O–H groups in total. The zero-order chi connectivity index (χ0) is 3.58. The summed E-state index contributed by atoms with van der Waals surface area (Å²) in [6.07, 6.45) is 0. The molecule has 0 aliphatic rings. The van der Waals surface area contributed by atoms with Crippen molar-refractivity contribution in [3.05, 3.63) is 0 Å². The van der Waals surface area contributed by atoms with Gasteiger partial charge in [-0.1, -0.05) is 0 Å². The van der Waals surface area contributed by atoms with Gasteiger partial charge in [-0.3, -0.25) is 4.46 Å². The van der Waals surface area contributed by atoms with E-state index in [1.165, 1.54) is 0 Å². The van der Waals surface area contributed by atoms with E-state index in [4.69, 9.17) is 14.1 Å². The molecule has 0 amide bonds. The first-order chi connectivity index (χ1) is 1.73. The first-order valence-corrected chi connectivity index (χ1v) is 1.95. The summed E-state index contributed by atoms with van der Waals surface area (Å²) in [6, 6.07) is 0. The SMILES string of the molecule is O=[Si](O)O.[Co]. The second-order valence-corrected chi connectivity index (χ2v) is 0.848. The van der Waals surface area contributed by atoms with E-state index in [9.17, 15) is 0 Å². The van der Waals surface area contributed by atoms with Crippen molar-refractivity contribution in [3.63, 3.8) is 0 Å². The molecule has 0 aromatic rings. The average Bonchev–Trinajstić information content (AvgIpc) is 0.811. The second-order valence-electron chi connectivity index (χ2n) is 0.283. The Morgan fingerprint density at radius 3 is 1.40 bits per heavy atom. The van der Waals surface area contributed by atoms with Crippen LogP contribution >= 0.6 is 0 Å². The summed E-state index contributed by atoms with van der Waals surface area (Å²) in [5.41, 5.74) is 0. The van der Waals surface area contributed by atoms with Crippen molar-refractivity contribution in [1.29, 1.82) is 0 Å². The Kier molecular flexibility index (Phi) is 7.36. The van der Waals surface area contributed by atoms with E-state index in [0.29, 0.717) is 0 Å². The van der Waals surface area contributed by atoms with Gasteiger partial charge in [-0.15, -0.1) is 0 Å². The maximum Gasteiger partial charge on any atom is 0.761 e. The third-order valence-electron chi connectivity index (χ3n) is 0.